The second-order valence-electron chi connectivity index (χ2n) is 3.13. The molecule has 0 heterocycles. The summed E-state index contributed by atoms with van der Waals surface area (Å²) in [5.74, 6) is 0. The minimum atomic E-state index is 0.0423. The van der Waals surface area contributed by atoms with Crippen LogP contribution in [0.5, 0.6) is 0 Å². The lowest BCUT2D eigenvalue weighted by atomic mass is 9.86. The molecular weight excluding hydrogens is 171 g/mol. The summed E-state index contributed by atoms with van der Waals surface area (Å²) in [6.07, 6.45) is 0. The Hall–Kier alpha value is -1.54. The van der Waals surface area contributed by atoms with Crippen LogP contribution in [0.4, 0.5) is 0 Å². The van der Waals surface area contributed by atoms with Crippen molar-refractivity contribution in [1.29, 1.82) is 0 Å². The molecule has 67 valence electrons. The highest BCUT2D eigenvalue weighted by atomic mass is 16.2. The van der Waals surface area contributed by atoms with Gasteiger partial charge in [0.05, 0.1) is 0 Å². The van der Waals surface area contributed by atoms with E-state index in [4.69, 9.17) is 5.02 Å². The Bertz CT molecular complexity index is 412. The van der Waals surface area contributed by atoms with Crippen molar-refractivity contribution in [3.8, 4) is 11.1 Å². The second kappa shape index (κ2) is 4.12. The van der Waals surface area contributed by atoms with Gasteiger partial charge >= 0.3 is 7.48 Å². The summed E-state index contributed by atoms with van der Waals surface area (Å²) in [5.41, 5.74) is 3.11. The van der Waals surface area contributed by atoms with E-state index in [9.17, 15) is 0 Å². The van der Waals surface area contributed by atoms with Crippen molar-refractivity contribution >= 4 is 12.9 Å². The maximum Gasteiger partial charge on any atom is 0.305 e. The Morgan fingerprint density at radius 2 is 1.79 bits per heavy atom. The molecule has 0 aliphatic carbocycles. The third-order valence-corrected chi connectivity index (χ3v) is 2.14. The van der Waals surface area contributed by atoms with Crippen LogP contribution >= 0.6 is 0 Å². The standard InChI is InChI=1S/C12H10BO/c14-13-12-8-4-7-11(9-12)10-5-2-1-3-6-10/h1-7,9,13-14H. The predicted molar refractivity (Wildman–Crippen MR) is 59.7 cm³/mol. The number of benzene rings is 2. The average molecular weight is 181 g/mol. The van der Waals surface area contributed by atoms with Crippen molar-refractivity contribution in [3.63, 3.8) is 0 Å². The maximum atomic E-state index is 8.98. The lowest BCUT2D eigenvalue weighted by Gasteiger charge is -2.02. The zero-order chi connectivity index (χ0) is 9.80. The first kappa shape index (κ1) is 9.04. The molecule has 1 N–H and O–H groups in total. The molecule has 0 unspecified atom stereocenters. The van der Waals surface area contributed by atoms with E-state index >= 15 is 0 Å². The van der Waals surface area contributed by atoms with Crippen LogP contribution in [0.25, 0.3) is 11.1 Å². The minimum Gasteiger partial charge on any atom is -0.449 e. The molecule has 1 radical (unpaired) electrons. The van der Waals surface area contributed by atoms with Gasteiger partial charge in [-0.3, -0.25) is 0 Å². The SMILES string of the molecule is OBc1[c]ccc(-c2ccccc2)c1. The van der Waals surface area contributed by atoms with Gasteiger partial charge in [0.25, 0.3) is 0 Å². The Labute approximate surface area is 84.3 Å². The molecule has 0 aromatic heterocycles. The lowest BCUT2D eigenvalue weighted by molar-refractivity contribution is 0.615. The fourth-order valence-electron chi connectivity index (χ4n) is 1.42. The molecule has 0 saturated heterocycles. The number of hydrogen-bond acceptors (Lipinski definition) is 1. The summed E-state index contributed by atoms with van der Waals surface area (Å²) in [5, 5.41) is 8.98. The van der Waals surface area contributed by atoms with Gasteiger partial charge in [-0.05, 0) is 22.7 Å². The molecule has 0 atom stereocenters. The van der Waals surface area contributed by atoms with Crippen molar-refractivity contribution < 1.29 is 5.02 Å². The first-order valence-corrected chi connectivity index (χ1v) is 4.57. The van der Waals surface area contributed by atoms with Crippen LogP contribution < -0.4 is 5.46 Å². The molecule has 0 fully saturated rings. The highest BCUT2D eigenvalue weighted by Crippen LogP contribution is 2.16. The maximum absolute atomic E-state index is 8.98. The van der Waals surface area contributed by atoms with Crippen molar-refractivity contribution in [1.82, 2.24) is 0 Å². The van der Waals surface area contributed by atoms with E-state index in [0.29, 0.717) is 0 Å². The summed E-state index contributed by atoms with van der Waals surface area (Å²) in [6.45, 7) is 0. The molecule has 0 bridgehead atoms. The van der Waals surface area contributed by atoms with Crippen LogP contribution in [-0.4, -0.2) is 12.5 Å². The zero-order valence-electron chi connectivity index (χ0n) is 7.77. The molecule has 1 nitrogen and oxygen atoms in total. The smallest absolute Gasteiger partial charge is 0.305 e. The largest absolute Gasteiger partial charge is 0.449 e. The summed E-state index contributed by atoms with van der Waals surface area (Å²) >= 11 is 0. The normalized spacial score (nSPS) is 9.79. The van der Waals surface area contributed by atoms with E-state index in [2.05, 4.69) is 18.2 Å². The van der Waals surface area contributed by atoms with Gasteiger partial charge in [-0.2, -0.15) is 0 Å². The van der Waals surface area contributed by atoms with E-state index in [-0.39, 0.29) is 7.48 Å². The van der Waals surface area contributed by atoms with Crippen LogP contribution in [-0.2, 0) is 0 Å². The van der Waals surface area contributed by atoms with Gasteiger partial charge in [-0.25, -0.2) is 0 Å². The van der Waals surface area contributed by atoms with Crippen LogP contribution in [0, 0.1) is 6.07 Å². The molecule has 0 amide bonds. The number of rotatable bonds is 2. The summed E-state index contributed by atoms with van der Waals surface area (Å²) in [7, 11) is 0.0423. The predicted octanol–water partition coefficient (Wildman–Crippen LogP) is 1.12. The molecule has 0 spiro atoms. The first-order valence-electron chi connectivity index (χ1n) is 4.57. The first-order chi connectivity index (χ1) is 6.90. The van der Waals surface area contributed by atoms with Crippen molar-refractivity contribution in [2.45, 2.75) is 0 Å². The summed E-state index contributed by atoms with van der Waals surface area (Å²) in [4.78, 5) is 0. The van der Waals surface area contributed by atoms with E-state index in [1.54, 1.807) is 0 Å². The Balaban J connectivity index is 2.42. The van der Waals surface area contributed by atoms with Gasteiger partial charge in [0.1, 0.15) is 0 Å². The van der Waals surface area contributed by atoms with E-state index in [0.717, 1.165) is 16.6 Å². The summed E-state index contributed by atoms with van der Waals surface area (Å²) in [6, 6.07) is 18.9. The molecular formula is C12H10BO. The molecule has 14 heavy (non-hydrogen) atoms. The van der Waals surface area contributed by atoms with Crippen LogP contribution in [0.1, 0.15) is 0 Å². The van der Waals surface area contributed by atoms with E-state index in [1.807, 2.05) is 36.4 Å². The third kappa shape index (κ3) is 1.86. The highest BCUT2D eigenvalue weighted by Gasteiger charge is 1.98. The topological polar surface area (TPSA) is 20.2 Å². The zero-order valence-corrected chi connectivity index (χ0v) is 7.77. The Morgan fingerprint density at radius 1 is 1.00 bits per heavy atom. The quantitative estimate of drug-likeness (QED) is 0.688. The Kier molecular flexibility index (Phi) is 2.66. The van der Waals surface area contributed by atoms with Crippen LogP contribution in [0.2, 0.25) is 0 Å². The molecule has 2 aromatic rings. The van der Waals surface area contributed by atoms with Gasteiger partial charge in [-0.15, -0.1) is 0 Å². The van der Waals surface area contributed by atoms with Crippen molar-refractivity contribution in [2.24, 2.45) is 0 Å². The second-order valence-corrected chi connectivity index (χ2v) is 3.13. The molecule has 0 aliphatic rings. The molecule has 2 heteroatoms. The van der Waals surface area contributed by atoms with Gasteiger partial charge in [-0.1, -0.05) is 48.5 Å². The fourth-order valence-corrected chi connectivity index (χ4v) is 1.42. The van der Waals surface area contributed by atoms with Crippen molar-refractivity contribution in [3.05, 3.63) is 54.6 Å². The number of hydrogen-bond donors (Lipinski definition) is 1. The lowest BCUT2D eigenvalue weighted by Crippen LogP contribution is -2.12. The monoisotopic (exact) mass is 181 g/mol. The van der Waals surface area contributed by atoms with E-state index in [1.165, 1.54) is 0 Å². The molecule has 0 saturated carbocycles. The Morgan fingerprint density at radius 3 is 2.50 bits per heavy atom. The highest BCUT2D eigenvalue weighted by molar-refractivity contribution is 6.45. The third-order valence-electron chi connectivity index (χ3n) is 2.14. The summed E-state index contributed by atoms with van der Waals surface area (Å²) < 4.78 is 0. The molecule has 2 rings (SSSR count). The van der Waals surface area contributed by atoms with Gasteiger partial charge in [0.2, 0.25) is 0 Å². The average Bonchev–Trinajstić information content (AvgIpc) is 2.30. The van der Waals surface area contributed by atoms with Crippen LogP contribution in [0.3, 0.4) is 0 Å². The van der Waals surface area contributed by atoms with Gasteiger partial charge < -0.3 is 5.02 Å². The fraction of sp³-hybridized carbons (Fsp3) is 0. The van der Waals surface area contributed by atoms with Crippen LogP contribution in [0.15, 0.2) is 48.5 Å². The van der Waals surface area contributed by atoms with Crippen molar-refractivity contribution in [2.75, 3.05) is 0 Å². The van der Waals surface area contributed by atoms with Gasteiger partial charge in [0, 0.05) is 0 Å². The van der Waals surface area contributed by atoms with Gasteiger partial charge in [0.15, 0.2) is 0 Å². The molecule has 0 aliphatic heterocycles. The van der Waals surface area contributed by atoms with E-state index < -0.39 is 0 Å². The minimum absolute atomic E-state index is 0.0423. The molecule has 2 aromatic carbocycles.